The van der Waals surface area contributed by atoms with Gasteiger partial charge in [-0.25, -0.2) is 0 Å². The van der Waals surface area contributed by atoms with Crippen molar-refractivity contribution in [2.75, 3.05) is 0 Å². The maximum Gasteiger partial charge on any atom is 0.160 e. The summed E-state index contributed by atoms with van der Waals surface area (Å²) in [6, 6.07) is 0. The summed E-state index contributed by atoms with van der Waals surface area (Å²) in [6.45, 7) is 6.25. The molecule has 4 N–H and O–H groups in total. The van der Waals surface area contributed by atoms with Crippen LogP contribution in [0.15, 0.2) is 18.9 Å². The molecule has 0 amide bonds. The maximum absolute atomic E-state index is 4.62. The second-order valence-electron chi connectivity index (χ2n) is 0.652. The monoisotopic (exact) mass is 116 g/mol. The Morgan fingerprint density at radius 2 is 1.43 bits per heavy atom. The van der Waals surface area contributed by atoms with E-state index in [0.717, 1.165) is 0 Å². The minimum Gasteiger partial charge on any atom is -0.377 e. The number of hydrogen-bond acceptors (Lipinski definition) is 1. The van der Waals surface area contributed by atoms with E-state index in [2.05, 4.69) is 42.6 Å². The predicted molar refractivity (Wildman–Crippen MR) is 35.7 cm³/mol. The third kappa shape index (κ3) is 86.0. The molecular formula is C4H8N2S. The van der Waals surface area contributed by atoms with Gasteiger partial charge in [0.1, 0.15) is 0 Å². The highest BCUT2D eigenvalue weighted by molar-refractivity contribution is 7.80. The Morgan fingerprint density at radius 1 is 1.43 bits per heavy atom. The molecular weight excluding hydrogens is 108 g/mol. The topological polar surface area (TPSA) is 52.0 Å². The molecule has 3 heteroatoms. The summed E-state index contributed by atoms with van der Waals surface area (Å²) >= 11 is 4.09. The normalized spacial score (nSPS) is 4.57. The van der Waals surface area contributed by atoms with E-state index in [-0.39, 0.29) is 5.11 Å². The zero-order valence-corrected chi connectivity index (χ0v) is 4.79. The molecule has 2 nitrogen and oxygen atoms in total. The van der Waals surface area contributed by atoms with E-state index in [0.29, 0.717) is 0 Å². The molecule has 0 rings (SSSR count). The molecule has 0 spiro atoms. The van der Waals surface area contributed by atoms with Gasteiger partial charge in [-0.15, -0.1) is 5.73 Å². The summed E-state index contributed by atoms with van der Waals surface area (Å²) in [7, 11) is 0. The molecule has 0 fully saturated rings. The van der Waals surface area contributed by atoms with Crippen LogP contribution < -0.4 is 11.5 Å². The van der Waals surface area contributed by atoms with Crippen LogP contribution in [-0.2, 0) is 0 Å². The van der Waals surface area contributed by atoms with Gasteiger partial charge in [-0.05, 0) is 12.2 Å². The van der Waals surface area contributed by atoms with Crippen molar-refractivity contribution >= 4 is 17.3 Å². The molecule has 40 valence electrons. The van der Waals surface area contributed by atoms with Gasteiger partial charge in [0.05, 0.1) is 0 Å². The standard InChI is InChI=1S/C3H4.CH4N2S/c1-3-2;2-1(3)4/h1-2H2;(H4,2,3,4). The van der Waals surface area contributed by atoms with Gasteiger partial charge in [-0.1, -0.05) is 13.2 Å². The molecule has 0 saturated heterocycles. The summed E-state index contributed by atoms with van der Waals surface area (Å²) in [5.74, 6) is 0. The summed E-state index contributed by atoms with van der Waals surface area (Å²) in [5.41, 5.74) is 11.5. The van der Waals surface area contributed by atoms with E-state index in [1.165, 1.54) is 0 Å². The van der Waals surface area contributed by atoms with E-state index in [9.17, 15) is 0 Å². The Balaban J connectivity index is 0. The van der Waals surface area contributed by atoms with Crippen molar-refractivity contribution in [1.82, 2.24) is 0 Å². The second kappa shape index (κ2) is 8.96. The summed E-state index contributed by atoms with van der Waals surface area (Å²) in [4.78, 5) is 0. The molecule has 0 bridgehead atoms. The Bertz CT molecular complexity index is 77.7. The molecule has 0 saturated carbocycles. The minimum absolute atomic E-state index is 0.000000000000000222. The maximum atomic E-state index is 4.62. The van der Waals surface area contributed by atoms with Crippen molar-refractivity contribution in [1.29, 1.82) is 0 Å². The lowest BCUT2D eigenvalue weighted by molar-refractivity contribution is 1.65. The van der Waals surface area contributed by atoms with Gasteiger partial charge in [0, 0.05) is 0 Å². The molecule has 7 heavy (non-hydrogen) atoms. The van der Waals surface area contributed by atoms with Crippen LogP contribution in [0, 0.1) is 0 Å². The fourth-order valence-electron chi connectivity index (χ4n) is 0. The Hall–Kier alpha value is -0.790. The third-order valence-electron chi connectivity index (χ3n) is 0. The SMILES string of the molecule is C=C=C.NC(N)=S. The van der Waals surface area contributed by atoms with Crippen molar-refractivity contribution in [3.05, 3.63) is 18.9 Å². The molecule has 0 radical (unpaired) electrons. The first kappa shape index (κ1) is 9.51. The first-order chi connectivity index (χ1) is 3.15. The van der Waals surface area contributed by atoms with Gasteiger partial charge >= 0.3 is 0 Å². The molecule has 0 aromatic rings. The van der Waals surface area contributed by atoms with Crippen molar-refractivity contribution < 1.29 is 0 Å². The molecule has 0 aromatic carbocycles. The molecule has 0 atom stereocenters. The molecule has 0 aliphatic heterocycles. The van der Waals surface area contributed by atoms with Crippen LogP contribution in [-0.4, -0.2) is 5.11 Å². The van der Waals surface area contributed by atoms with Gasteiger partial charge in [-0.3, -0.25) is 0 Å². The number of rotatable bonds is 0. The van der Waals surface area contributed by atoms with Crippen molar-refractivity contribution in [3.63, 3.8) is 0 Å². The number of hydrogen-bond donors (Lipinski definition) is 2. The lowest BCUT2D eigenvalue weighted by Crippen LogP contribution is -2.18. The van der Waals surface area contributed by atoms with Gasteiger partial charge in [0.25, 0.3) is 0 Å². The highest BCUT2D eigenvalue weighted by Crippen LogP contribution is 1.32. The zero-order valence-electron chi connectivity index (χ0n) is 3.98. The highest BCUT2D eigenvalue weighted by Gasteiger charge is 1.53. The highest BCUT2D eigenvalue weighted by atomic mass is 32.1. The van der Waals surface area contributed by atoms with Crippen LogP contribution in [0.3, 0.4) is 0 Å². The molecule has 0 aromatic heterocycles. The van der Waals surface area contributed by atoms with E-state index in [4.69, 9.17) is 0 Å². The lowest BCUT2D eigenvalue weighted by Gasteiger charge is -1.68. The first-order valence-electron chi connectivity index (χ1n) is 1.49. The van der Waals surface area contributed by atoms with Gasteiger partial charge in [0.2, 0.25) is 0 Å². The third-order valence-corrected chi connectivity index (χ3v) is 0. The Morgan fingerprint density at radius 3 is 1.43 bits per heavy atom. The molecule has 0 heterocycles. The van der Waals surface area contributed by atoms with Gasteiger partial charge < -0.3 is 11.5 Å². The number of nitrogens with two attached hydrogens (primary N) is 2. The fraction of sp³-hybridized carbons (Fsp3) is 0. The Labute approximate surface area is 48.5 Å². The number of thiocarbonyl (C=S) groups is 1. The lowest BCUT2D eigenvalue weighted by atomic mass is 11.0. The van der Waals surface area contributed by atoms with Crippen molar-refractivity contribution in [3.8, 4) is 0 Å². The summed E-state index contributed by atoms with van der Waals surface area (Å²) in [5, 5.41) is 0.000000000000000222. The average molecular weight is 116 g/mol. The van der Waals surface area contributed by atoms with Gasteiger partial charge in [0.15, 0.2) is 5.11 Å². The van der Waals surface area contributed by atoms with E-state index >= 15 is 0 Å². The molecule has 0 aliphatic carbocycles. The van der Waals surface area contributed by atoms with E-state index < -0.39 is 0 Å². The van der Waals surface area contributed by atoms with E-state index in [1.807, 2.05) is 0 Å². The second-order valence-corrected chi connectivity index (χ2v) is 1.12. The van der Waals surface area contributed by atoms with Crippen LogP contribution in [0.4, 0.5) is 0 Å². The summed E-state index contributed by atoms with van der Waals surface area (Å²) < 4.78 is 0. The summed E-state index contributed by atoms with van der Waals surface area (Å²) in [6.07, 6.45) is 0. The van der Waals surface area contributed by atoms with Gasteiger partial charge in [-0.2, -0.15) is 0 Å². The van der Waals surface area contributed by atoms with Crippen molar-refractivity contribution in [2.24, 2.45) is 11.5 Å². The Kier molecular flexibility index (Phi) is 12.2. The molecule has 0 aliphatic rings. The van der Waals surface area contributed by atoms with E-state index in [1.54, 1.807) is 0 Å². The fourth-order valence-corrected chi connectivity index (χ4v) is 0. The molecule has 0 unspecified atom stereocenters. The van der Waals surface area contributed by atoms with Crippen molar-refractivity contribution in [2.45, 2.75) is 0 Å². The van der Waals surface area contributed by atoms with Crippen LogP contribution in [0.1, 0.15) is 0 Å². The van der Waals surface area contributed by atoms with Crippen LogP contribution in [0.25, 0.3) is 0 Å². The van der Waals surface area contributed by atoms with Crippen LogP contribution >= 0.6 is 12.2 Å². The quantitative estimate of drug-likeness (QED) is 0.350. The minimum atomic E-state index is 0.000000000000000222. The first-order valence-corrected chi connectivity index (χ1v) is 1.90. The predicted octanol–water partition coefficient (Wildman–Crippen LogP) is 0.146. The van der Waals surface area contributed by atoms with Crippen LogP contribution in [0.2, 0.25) is 0 Å². The average Bonchev–Trinajstić information content (AvgIpc) is 1.33. The largest absolute Gasteiger partial charge is 0.377 e. The van der Waals surface area contributed by atoms with Crippen LogP contribution in [0.5, 0.6) is 0 Å². The zero-order chi connectivity index (χ0) is 6.28. The smallest absolute Gasteiger partial charge is 0.160 e.